The normalized spacial score (nSPS) is 15.0. The van der Waals surface area contributed by atoms with E-state index in [1.807, 2.05) is 48.1 Å². The van der Waals surface area contributed by atoms with Gasteiger partial charge in [-0.25, -0.2) is 9.36 Å². The molecule has 140 valence electrons. The van der Waals surface area contributed by atoms with Gasteiger partial charge in [0.25, 0.3) is 5.91 Å². The number of benzene rings is 1. The summed E-state index contributed by atoms with van der Waals surface area (Å²) in [4.78, 5) is 12.5. The second-order valence-electron chi connectivity index (χ2n) is 6.76. The molecule has 2 aromatic heterocycles. The predicted octanol–water partition coefficient (Wildman–Crippen LogP) is 1.63. The zero-order valence-electron chi connectivity index (χ0n) is 15.3. The van der Waals surface area contributed by atoms with Crippen LogP contribution in [-0.4, -0.2) is 43.8 Å². The lowest BCUT2D eigenvalue weighted by molar-refractivity contribution is 0.0945. The number of hydrogen-bond acceptors (Lipinski definition) is 5. The molecule has 3 aromatic rings. The number of para-hydroxylation sites is 1. The molecule has 8 heteroatoms. The topological polar surface area (TPSA) is 89.7 Å². The van der Waals surface area contributed by atoms with Crippen LogP contribution in [0.15, 0.2) is 42.7 Å². The van der Waals surface area contributed by atoms with E-state index in [-0.39, 0.29) is 5.91 Å². The first kappa shape index (κ1) is 17.4. The van der Waals surface area contributed by atoms with Crippen LogP contribution in [0.4, 0.5) is 0 Å². The molecule has 0 atom stereocenters. The maximum absolute atomic E-state index is 12.5. The standard InChI is InChI=1S/C19H23N7O/c1-14-18(23-24-26(14)17-7-9-20-10-8-17)19(27)21-11-15-12-22-25(13-15)16-5-3-2-4-6-16/h2-6,12-13,17,20H,7-11H2,1H3,(H,21,27). The summed E-state index contributed by atoms with van der Waals surface area (Å²) in [6.07, 6.45) is 5.67. The lowest BCUT2D eigenvalue weighted by Crippen LogP contribution is -2.30. The highest BCUT2D eigenvalue weighted by atomic mass is 16.2. The molecule has 0 aliphatic carbocycles. The molecule has 2 N–H and O–H groups in total. The van der Waals surface area contributed by atoms with Crippen molar-refractivity contribution >= 4 is 5.91 Å². The number of hydrogen-bond donors (Lipinski definition) is 2. The Hall–Kier alpha value is -3.00. The van der Waals surface area contributed by atoms with Crippen LogP contribution in [0.3, 0.4) is 0 Å². The molecule has 1 amide bonds. The van der Waals surface area contributed by atoms with Crippen LogP contribution in [0.2, 0.25) is 0 Å². The second kappa shape index (κ2) is 7.71. The van der Waals surface area contributed by atoms with Crippen molar-refractivity contribution in [3.63, 3.8) is 0 Å². The number of nitrogens with zero attached hydrogens (tertiary/aromatic N) is 5. The van der Waals surface area contributed by atoms with Crippen molar-refractivity contribution < 1.29 is 4.79 Å². The number of aromatic nitrogens is 5. The van der Waals surface area contributed by atoms with Gasteiger partial charge in [0.2, 0.25) is 0 Å². The first-order valence-corrected chi connectivity index (χ1v) is 9.22. The van der Waals surface area contributed by atoms with Gasteiger partial charge in [-0.1, -0.05) is 23.4 Å². The highest BCUT2D eigenvalue weighted by molar-refractivity contribution is 5.93. The minimum Gasteiger partial charge on any atom is -0.346 e. The van der Waals surface area contributed by atoms with E-state index in [1.54, 1.807) is 10.9 Å². The van der Waals surface area contributed by atoms with Gasteiger partial charge in [-0.15, -0.1) is 5.10 Å². The summed E-state index contributed by atoms with van der Waals surface area (Å²) in [6.45, 7) is 4.24. The van der Waals surface area contributed by atoms with Crippen molar-refractivity contribution in [2.24, 2.45) is 0 Å². The van der Waals surface area contributed by atoms with Gasteiger partial charge in [-0.2, -0.15) is 5.10 Å². The number of piperidine rings is 1. The average molecular weight is 365 g/mol. The predicted molar refractivity (Wildman–Crippen MR) is 101 cm³/mol. The van der Waals surface area contributed by atoms with Crippen molar-refractivity contribution in [1.29, 1.82) is 0 Å². The van der Waals surface area contributed by atoms with E-state index < -0.39 is 0 Å². The zero-order valence-corrected chi connectivity index (χ0v) is 15.3. The molecule has 4 rings (SSSR count). The third-order valence-corrected chi connectivity index (χ3v) is 4.91. The van der Waals surface area contributed by atoms with Gasteiger partial charge in [0.1, 0.15) is 0 Å². The molecule has 1 aromatic carbocycles. The number of amides is 1. The van der Waals surface area contributed by atoms with Crippen molar-refractivity contribution in [3.05, 3.63) is 59.7 Å². The van der Waals surface area contributed by atoms with Gasteiger partial charge < -0.3 is 10.6 Å². The van der Waals surface area contributed by atoms with Crippen LogP contribution in [0, 0.1) is 6.92 Å². The van der Waals surface area contributed by atoms with E-state index in [0.29, 0.717) is 18.3 Å². The zero-order chi connectivity index (χ0) is 18.6. The van der Waals surface area contributed by atoms with E-state index in [9.17, 15) is 4.79 Å². The molecular formula is C19H23N7O. The minimum absolute atomic E-state index is 0.208. The summed E-state index contributed by atoms with van der Waals surface area (Å²) in [5.41, 5.74) is 3.12. The van der Waals surface area contributed by atoms with Crippen LogP contribution >= 0.6 is 0 Å². The molecule has 0 bridgehead atoms. The third kappa shape index (κ3) is 3.75. The van der Waals surface area contributed by atoms with Crippen LogP contribution in [0.1, 0.15) is 40.6 Å². The molecule has 1 fully saturated rings. The van der Waals surface area contributed by atoms with Crippen molar-refractivity contribution in [3.8, 4) is 5.69 Å². The number of rotatable bonds is 5. The Labute approximate surface area is 157 Å². The molecule has 3 heterocycles. The lowest BCUT2D eigenvalue weighted by Gasteiger charge is -2.23. The van der Waals surface area contributed by atoms with Crippen LogP contribution in [0.5, 0.6) is 0 Å². The summed E-state index contributed by atoms with van der Waals surface area (Å²) >= 11 is 0. The Kier molecular flexibility index (Phi) is 4.97. The van der Waals surface area contributed by atoms with Gasteiger partial charge in [0.15, 0.2) is 5.69 Å². The molecule has 0 spiro atoms. The Balaban J connectivity index is 1.40. The Bertz CT molecular complexity index is 909. The SMILES string of the molecule is Cc1c(C(=O)NCc2cnn(-c3ccccc3)c2)nnn1C1CCNCC1. The Morgan fingerprint density at radius 2 is 2.04 bits per heavy atom. The molecule has 0 radical (unpaired) electrons. The molecule has 1 saturated heterocycles. The fourth-order valence-corrected chi connectivity index (χ4v) is 3.39. The number of carbonyl (C=O) groups excluding carboxylic acids is 1. The molecule has 1 aliphatic heterocycles. The van der Waals surface area contributed by atoms with E-state index in [2.05, 4.69) is 26.0 Å². The molecule has 0 saturated carbocycles. The van der Waals surface area contributed by atoms with Crippen LogP contribution in [-0.2, 0) is 6.54 Å². The van der Waals surface area contributed by atoms with Gasteiger partial charge in [-0.3, -0.25) is 4.79 Å². The molecule has 8 nitrogen and oxygen atoms in total. The van der Waals surface area contributed by atoms with Crippen molar-refractivity contribution in [2.75, 3.05) is 13.1 Å². The largest absolute Gasteiger partial charge is 0.346 e. The highest BCUT2D eigenvalue weighted by Crippen LogP contribution is 2.20. The second-order valence-corrected chi connectivity index (χ2v) is 6.76. The van der Waals surface area contributed by atoms with Crippen LogP contribution in [0.25, 0.3) is 5.69 Å². The van der Waals surface area contributed by atoms with Gasteiger partial charge in [0, 0.05) is 18.3 Å². The molecular weight excluding hydrogens is 342 g/mol. The minimum atomic E-state index is -0.208. The third-order valence-electron chi connectivity index (χ3n) is 4.91. The van der Waals surface area contributed by atoms with Gasteiger partial charge in [-0.05, 0) is 45.0 Å². The molecule has 0 unspecified atom stereocenters. The maximum atomic E-state index is 12.5. The van der Waals surface area contributed by atoms with E-state index >= 15 is 0 Å². The fraction of sp³-hybridized carbons (Fsp3) is 0.368. The van der Waals surface area contributed by atoms with Crippen molar-refractivity contribution in [2.45, 2.75) is 32.4 Å². The molecule has 27 heavy (non-hydrogen) atoms. The fourth-order valence-electron chi connectivity index (χ4n) is 3.39. The lowest BCUT2D eigenvalue weighted by atomic mass is 10.1. The smallest absolute Gasteiger partial charge is 0.274 e. The van der Waals surface area contributed by atoms with Gasteiger partial charge in [0.05, 0.1) is 23.6 Å². The summed E-state index contributed by atoms with van der Waals surface area (Å²) in [7, 11) is 0. The van der Waals surface area contributed by atoms with E-state index in [1.165, 1.54) is 0 Å². The number of nitrogens with one attached hydrogen (secondary N) is 2. The Morgan fingerprint density at radius 3 is 2.81 bits per heavy atom. The monoisotopic (exact) mass is 365 g/mol. The van der Waals surface area contributed by atoms with Crippen molar-refractivity contribution in [1.82, 2.24) is 35.4 Å². The number of carbonyl (C=O) groups is 1. The average Bonchev–Trinajstić information content (AvgIpc) is 3.34. The quantitative estimate of drug-likeness (QED) is 0.717. The van der Waals surface area contributed by atoms with Gasteiger partial charge >= 0.3 is 0 Å². The Morgan fingerprint density at radius 1 is 1.26 bits per heavy atom. The summed E-state index contributed by atoms with van der Waals surface area (Å²) < 4.78 is 3.68. The highest BCUT2D eigenvalue weighted by Gasteiger charge is 2.22. The first-order valence-electron chi connectivity index (χ1n) is 9.22. The van der Waals surface area contributed by atoms with Crippen LogP contribution < -0.4 is 10.6 Å². The summed E-state index contributed by atoms with van der Waals surface area (Å²) in [5, 5.41) is 18.9. The summed E-state index contributed by atoms with van der Waals surface area (Å²) in [5.74, 6) is -0.208. The van der Waals surface area contributed by atoms with E-state index in [4.69, 9.17) is 0 Å². The molecule has 1 aliphatic rings. The first-order chi connectivity index (χ1) is 13.2. The van der Waals surface area contributed by atoms with E-state index in [0.717, 1.165) is 42.9 Å². The summed E-state index contributed by atoms with van der Waals surface area (Å²) in [6, 6.07) is 10.2. The maximum Gasteiger partial charge on any atom is 0.274 e.